The summed E-state index contributed by atoms with van der Waals surface area (Å²) in [6.07, 6.45) is 1.73. The fourth-order valence-electron chi connectivity index (χ4n) is 1.54. The van der Waals surface area contributed by atoms with Gasteiger partial charge in [-0.3, -0.25) is 0 Å². The number of hydrogen-bond donors (Lipinski definition) is 1. The van der Waals surface area contributed by atoms with Crippen molar-refractivity contribution in [1.29, 1.82) is 0 Å². The van der Waals surface area contributed by atoms with Crippen LogP contribution in [0.2, 0.25) is 0 Å². The first-order valence-electron chi connectivity index (χ1n) is 5.53. The Morgan fingerprint density at radius 1 is 1.24 bits per heavy atom. The van der Waals surface area contributed by atoms with E-state index in [1.807, 2.05) is 31.2 Å². The van der Waals surface area contributed by atoms with Crippen LogP contribution in [0, 0.1) is 6.92 Å². The van der Waals surface area contributed by atoms with Crippen molar-refractivity contribution in [2.45, 2.75) is 20.0 Å². The second kappa shape index (κ2) is 5.50. The summed E-state index contributed by atoms with van der Waals surface area (Å²) in [4.78, 5) is 4.13. The van der Waals surface area contributed by atoms with Gasteiger partial charge in [-0.25, -0.2) is 4.98 Å². The second-order valence-electron chi connectivity index (χ2n) is 3.82. The highest BCUT2D eigenvalue weighted by molar-refractivity contribution is 5.26. The third-order valence-corrected chi connectivity index (χ3v) is 2.43. The van der Waals surface area contributed by atoms with Crippen molar-refractivity contribution in [2.75, 3.05) is 7.11 Å². The zero-order chi connectivity index (χ0) is 12.1. The van der Waals surface area contributed by atoms with E-state index in [-0.39, 0.29) is 0 Å². The molecular weight excluding hydrogens is 216 g/mol. The molecule has 17 heavy (non-hydrogen) atoms. The quantitative estimate of drug-likeness (QED) is 0.859. The average molecular weight is 232 g/mol. The van der Waals surface area contributed by atoms with Crippen LogP contribution in [-0.2, 0) is 13.1 Å². The average Bonchev–Trinajstić information content (AvgIpc) is 2.76. The van der Waals surface area contributed by atoms with Crippen LogP contribution in [-0.4, -0.2) is 12.1 Å². The van der Waals surface area contributed by atoms with E-state index in [2.05, 4.69) is 10.3 Å². The lowest BCUT2D eigenvalue weighted by atomic mass is 10.2. The summed E-state index contributed by atoms with van der Waals surface area (Å²) in [6, 6.07) is 7.97. The molecule has 0 atom stereocenters. The van der Waals surface area contributed by atoms with Crippen LogP contribution in [0.4, 0.5) is 0 Å². The summed E-state index contributed by atoms with van der Waals surface area (Å²) >= 11 is 0. The highest BCUT2D eigenvalue weighted by Crippen LogP contribution is 2.11. The zero-order valence-corrected chi connectivity index (χ0v) is 10.1. The first-order valence-corrected chi connectivity index (χ1v) is 5.53. The third-order valence-electron chi connectivity index (χ3n) is 2.43. The Labute approximate surface area is 101 Å². The number of nitrogens with one attached hydrogen (secondary N) is 1. The Morgan fingerprint density at radius 2 is 2.00 bits per heavy atom. The van der Waals surface area contributed by atoms with Gasteiger partial charge in [-0.05, 0) is 24.6 Å². The van der Waals surface area contributed by atoms with Crippen molar-refractivity contribution in [3.05, 3.63) is 47.7 Å². The van der Waals surface area contributed by atoms with Gasteiger partial charge in [0.2, 0.25) is 5.89 Å². The molecule has 2 rings (SSSR count). The van der Waals surface area contributed by atoms with Crippen LogP contribution in [0.15, 0.2) is 34.9 Å². The van der Waals surface area contributed by atoms with E-state index in [0.29, 0.717) is 6.54 Å². The number of oxazole rings is 1. The Morgan fingerprint density at radius 3 is 2.59 bits per heavy atom. The molecule has 2 aromatic rings. The first kappa shape index (κ1) is 11.7. The molecule has 1 heterocycles. The number of aromatic nitrogens is 1. The number of aryl methyl sites for hydroxylation is 1. The van der Waals surface area contributed by atoms with Gasteiger partial charge in [-0.1, -0.05) is 12.1 Å². The number of nitrogens with zero attached hydrogens (tertiary/aromatic N) is 1. The lowest BCUT2D eigenvalue weighted by molar-refractivity contribution is 0.414. The van der Waals surface area contributed by atoms with Gasteiger partial charge in [0.05, 0.1) is 19.9 Å². The molecule has 0 amide bonds. The minimum absolute atomic E-state index is 0.639. The maximum absolute atomic E-state index is 5.36. The smallest absolute Gasteiger partial charge is 0.208 e. The lowest BCUT2D eigenvalue weighted by Gasteiger charge is -2.04. The van der Waals surface area contributed by atoms with Crippen molar-refractivity contribution < 1.29 is 9.15 Å². The molecule has 0 aliphatic rings. The summed E-state index contributed by atoms with van der Waals surface area (Å²) < 4.78 is 10.5. The monoisotopic (exact) mass is 232 g/mol. The molecule has 0 saturated heterocycles. The molecule has 0 bridgehead atoms. The summed E-state index contributed by atoms with van der Waals surface area (Å²) in [6.45, 7) is 3.31. The van der Waals surface area contributed by atoms with Gasteiger partial charge in [0.15, 0.2) is 0 Å². The number of methoxy groups -OCH3 is 1. The molecule has 0 unspecified atom stereocenters. The molecule has 0 radical (unpaired) electrons. The predicted molar refractivity (Wildman–Crippen MR) is 64.8 cm³/mol. The summed E-state index contributed by atoms with van der Waals surface area (Å²) in [7, 11) is 1.66. The molecule has 1 N–H and O–H groups in total. The third kappa shape index (κ3) is 3.32. The van der Waals surface area contributed by atoms with Crippen LogP contribution < -0.4 is 10.1 Å². The number of benzene rings is 1. The molecule has 4 nitrogen and oxygen atoms in total. The standard InChI is InChI=1S/C13H16N2O2/c1-10-7-15-13(17-10)9-14-8-11-3-5-12(16-2)6-4-11/h3-7,14H,8-9H2,1-2H3. The number of ether oxygens (including phenoxy) is 1. The van der Waals surface area contributed by atoms with E-state index >= 15 is 0 Å². The van der Waals surface area contributed by atoms with Gasteiger partial charge in [0, 0.05) is 6.54 Å². The summed E-state index contributed by atoms with van der Waals surface area (Å²) in [5, 5.41) is 3.27. The van der Waals surface area contributed by atoms with Gasteiger partial charge in [0.25, 0.3) is 0 Å². The molecule has 0 aliphatic carbocycles. The molecule has 1 aromatic heterocycles. The van der Waals surface area contributed by atoms with Crippen molar-refractivity contribution in [3.8, 4) is 5.75 Å². The van der Waals surface area contributed by atoms with E-state index in [9.17, 15) is 0 Å². The SMILES string of the molecule is COc1ccc(CNCc2ncc(C)o2)cc1. The number of rotatable bonds is 5. The summed E-state index contributed by atoms with van der Waals surface area (Å²) in [5.41, 5.74) is 1.20. The molecule has 90 valence electrons. The molecule has 0 aliphatic heterocycles. The Hall–Kier alpha value is -1.81. The first-order chi connectivity index (χ1) is 8.28. The van der Waals surface area contributed by atoms with Gasteiger partial charge in [-0.15, -0.1) is 0 Å². The van der Waals surface area contributed by atoms with Gasteiger partial charge in [0.1, 0.15) is 11.5 Å². The Bertz CT molecular complexity index is 463. The fourth-order valence-corrected chi connectivity index (χ4v) is 1.54. The largest absolute Gasteiger partial charge is 0.497 e. The maximum atomic E-state index is 5.36. The van der Waals surface area contributed by atoms with E-state index < -0.39 is 0 Å². The van der Waals surface area contributed by atoms with Crippen LogP contribution >= 0.6 is 0 Å². The van der Waals surface area contributed by atoms with Crippen LogP contribution in [0.5, 0.6) is 5.75 Å². The van der Waals surface area contributed by atoms with Gasteiger partial charge >= 0.3 is 0 Å². The van der Waals surface area contributed by atoms with E-state index in [4.69, 9.17) is 9.15 Å². The molecule has 4 heteroatoms. The fraction of sp³-hybridized carbons (Fsp3) is 0.308. The normalized spacial score (nSPS) is 10.5. The molecular formula is C13H16N2O2. The predicted octanol–water partition coefficient (Wildman–Crippen LogP) is 2.28. The topological polar surface area (TPSA) is 47.3 Å². The molecule has 0 fully saturated rings. The minimum atomic E-state index is 0.639. The van der Waals surface area contributed by atoms with E-state index in [1.165, 1.54) is 5.56 Å². The number of hydrogen-bond acceptors (Lipinski definition) is 4. The van der Waals surface area contributed by atoms with Gasteiger partial charge in [-0.2, -0.15) is 0 Å². The molecule has 1 aromatic carbocycles. The van der Waals surface area contributed by atoms with Crippen molar-refractivity contribution in [3.63, 3.8) is 0 Å². The minimum Gasteiger partial charge on any atom is -0.497 e. The van der Waals surface area contributed by atoms with Crippen molar-refractivity contribution in [1.82, 2.24) is 10.3 Å². The Kier molecular flexibility index (Phi) is 3.77. The van der Waals surface area contributed by atoms with Crippen molar-refractivity contribution in [2.24, 2.45) is 0 Å². The lowest BCUT2D eigenvalue weighted by Crippen LogP contribution is -2.12. The van der Waals surface area contributed by atoms with Crippen LogP contribution in [0.25, 0.3) is 0 Å². The Balaban J connectivity index is 1.81. The zero-order valence-electron chi connectivity index (χ0n) is 10.1. The second-order valence-corrected chi connectivity index (χ2v) is 3.82. The maximum Gasteiger partial charge on any atom is 0.208 e. The highest BCUT2D eigenvalue weighted by atomic mass is 16.5. The van der Waals surface area contributed by atoms with Crippen LogP contribution in [0.1, 0.15) is 17.2 Å². The summed E-state index contributed by atoms with van der Waals surface area (Å²) in [5.74, 6) is 2.43. The molecule has 0 spiro atoms. The van der Waals surface area contributed by atoms with Crippen molar-refractivity contribution >= 4 is 0 Å². The van der Waals surface area contributed by atoms with E-state index in [0.717, 1.165) is 23.9 Å². The molecule has 0 saturated carbocycles. The highest BCUT2D eigenvalue weighted by Gasteiger charge is 2.00. The van der Waals surface area contributed by atoms with Gasteiger partial charge < -0.3 is 14.5 Å². The van der Waals surface area contributed by atoms with Crippen LogP contribution in [0.3, 0.4) is 0 Å². The van der Waals surface area contributed by atoms with E-state index in [1.54, 1.807) is 13.3 Å².